The molecular weight excluding hydrogens is 343 g/mol. The number of carbonyl (C=O) groups excluding carboxylic acids is 1. The molecule has 0 radical (unpaired) electrons. The lowest BCUT2D eigenvalue weighted by molar-refractivity contribution is 0.100. The van der Waals surface area contributed by atoms with Gasteiger partial charge < -0.3 is 9.64 Å². The predicted molar refractivity (Wildman–Crippen MR) is 106 cm³/mol. The fourth-order valence-corrected chi connectivity index (χ4v) is 3.17. The Bertz CT molecular complexity index is 785. The normalized spacial score (nSPS) is 14.2. The first-order valence-electron chi connectivity index (χ1n) is 9.50. The van der Waals surface area contributed by atoms with Crippen LogP contribution < -0.4 is 9.64 Å². The largest absolute Gasteiger partial charge is 0.494 e. The fourth-order valence-electron chi connectivity index (χ4n) is 3.17. The van der Waals surface area contributed by atoms with Gasteiger partial charge in [0.25, 0.3) is 0 Å². The molecule has 0 bridgehead atoms. The Hall–Kier alpha value is -2.69. The third kappa shape index (κ3) is 5.16. The van der Waals surface area contributed by atoms with Crippen LogP contribution in [0.3, 0.4) is 0 Å². The highest BCUT2D eigenvalue weighted by Crippen LogP contribution is 2.23. The molecule has 27 heavy (non-hydrogen) atoms. The zero-order chi connectivity index (χ0) is 19.1. The number of aliphatic imine (C=N–C) groups is 1. The Morgan fingerprint density at radius 1 is 1.07 bits per heavy atom. The summed E-state index contributed by atoms with van der Waals surface area (Å²) in [5.74, 6) is 1.33. The zero-order valence-electron chi connectivity index (χ0n) is 15.7. The summed E-state index contributed by atoms with van der Waals surface area (Å²) in [6, 6.07) is 13.4. The van der Waals surface area contributed by atoms with E-state index in [4.69, 9.17) is 9.73 Å². The molecule has 0 saturated carbocycles. The average Bonchev–Trinajstić information content (AvgIpc) is 2.97. The molecule has 1 aliphatic heterocycles. The molecule has 0 fully saturated rings. The molecule has 5 heteroatoms. The molecule has 0 unspecified atom stereocenters. The number of ether oxygens (including phenoxy) is 1. The number of anilines is 1. The zero-order valence-corrected chi connectivity index (χ0v) is 15.7. The molecule has 0 N–H and O–H groups in total. The van der Waals surface area contributed by atoms with Crippen LogP contribution >= 0.6 is 0 Å². The van der Waals surface area contributed by atoms with Gasteiger partial charge in [0.1, 0.15) is 17.4 Å². The number of amidine groups is 1. The van der Waals surface area contributed by atoms with Gasteiger partial charge in [-0.3, -0.25) is 9.79 Å². The van der Waals surface area contributed by atoms with Gasteiger partial charge in [0.15, 0.2) is 5.78 Å². The molecular formula is C22H25FN2O2. The summed E-state index contributed by atoms with van der Waals surface area (Å²) in [5, 5.41) is 0. The van der Waals surface area contributed by atoms with Crippen LogP contribution in [0.15, 0.2) is 53.5 Å². The van der Waals surface area contributed by atoms with E-state index in [0.717, 1.165) is 49.5 Å². The SMILES string of the molecule is CCOc1ccc(N(CC(=O)c2ccc(F)cc2)C2=NCCCCC2)cc1. The van der Waals surface area contributed by atoms with E-state index in [1.807, 2.05) is 36.1 Å². The highest BCUT2D eigenvalue weighted by molar-refractivity contribution is 6.07. The second kappa shape index (κ2) is 9.31. The molecule has 0 aliphatic carbocycles. The van der Waals surface area contributed by atoms with Crippen LogP contribution in [-0.2, 0) is 0 Å². The van der Waals surface area contributed by atoms with E-state index in [1.54, 1.807) is 0 Å². The molecule has 2 aromatic rings. The summed E-state index contributed by atoms with van der Waals surface area (Å²) in [6.45, 7) is 3.52. The molecule has 0 amide bonds. The van der Waals surface area contributed by atoms with Crippen LogP contribution in [0.25, 0.3) is 0 Å². The maximum Gasteiger partial charge on any atom is 0.182 e. The number of benzene rings is 2. The number of halogens is 1. The smallest absolute Gasteiger partial charge is 0.182 e. The average molecular weight is 368 g/mol. The first-order valence-corrected chi connectivity index (χ1v) is 9.50. The summed E-state index contributed by atoms with van der Waals surface area (Å²) in [7, 11) is 0. The van der Waals surface area contributed by atoms with Crippen molar-refractivity contribution < 1.29 is 13.9 Å². The van der Waals surface area contributed by atoms with E-state index in [0.29, 0.717) is 12.2 Å². The quantitative estimate of drug-likeness (QED) is 0.682. The molecule has 1 aliphatic rings. The molecule has 0 spiro atoms. The minimum absolute atomic E-state index is 0.0594. The molecule has 1 heterocycles. The number of carbonyl (C=O) groups is 1. The van der Waals surface area contributed by atoms with Crippen molar-refractivity contribution in [2.24, 2.45) is 4.99 Å². The van der Waals surface area contributed by atoms with Crippen molar-refractivity contribution in [2.75, 3.05) is 24.6 Å². The second-order valence-electron chi connectivity index (χ2n) is 6.55. The summed E-state index contributed by atoms with van der Waals surface area (Å²) in [4.78, 5) is 19.5. The highest BCUT2D eigenvalue weighted by Gasteiger charge is 2.19. The third-order valence-electron chi connectivity index (χ3n) is 4.59. The van der Waals surface area contributed by atoms with Crippen molar-refractivity contribution in [1.29, 1.82) is 0 Å². The maximum absolute atomic E-state index is 13.2. The standard InChI is InChI=1S/C22H25FN2O2/c1-2-27-20-13-11-19(12-14-20)25(22-6-4-3-5-15-24-22)16-21(26)17-7-9-18(23)10-8-17/h7-14H,2-6,15-16H2,1H3. The first-order chi connectivity index (χ1) is 13.2. The predicted octanol–water partition coefficient (Wildman–Crippen LogP) is 4.89. The third-order valence-corrected chi connectivity index (χ3v) is 4.59. The number of hydrogen-bond acceptors (Lipinski definition) is 4. The monoisotopic (exact) mass is 368 g/mol. The Morgan fingerprint density at radius 2 is 1.81 bits per heavy atom. The van der Waals surface area contributed by atoms with E-state index in [-0.39, 0.29) is 18.1 Å². The first kappa shape index (κ1) is 19.1. The molecule has 0 saturated heterocycles. The lowest BCUT2D eigenvalue weighted by atomic mass is 10.1. The Morgan fingerprint density at radius 3 is 2.52 bits per heavy atom. The molecule has 0 atom stereocenters. The molecule has 3 rings (SSSR count). The van der Waals surface area contributed by atoms with E-state index in [9.17, 15) is 9.18 Å². The van der Waals surface area contributed by atoms with E-state index in [2.05, 4.69) is 0 Å². The van der Waals surface area contributed by atoms with Crippen LogP contribution in [0.5, 0.6) is 5.75 Å². The van der Waals surface area contributed by atoms with Gasteiger partial charge in [-0.05, 0) is 68.3 Å². The number of rotatable bonds is 6. The van der Waals surface area contributed by atoms with E-state index >= 15 is 0 Å². The summed E-state index contributed by atoms with van der Waals surface area (Å²) < 4.78 is 18.7. The van der Waals surface area contributed by atoms with Crippen molar-refractivity contribution >= 4 is 17.3 Å². The number of Topliss-reactive ketones (excluding diaryl/α,β-unsaturated/α-hetero) is 1. The molecule has 0 aromatic heterocycles. The van der Waals surface area contributed by atoms with Crippen LogP contribution in [0.1, 0.15) is 43.0 Å². The summed E-state index contributed by atoms with van der Waals surface area (Å²) in [6.07, 6.45) is 4.14. The second-order valence-corrected chi connectivity index (χ2v) is 6.55. The molecule has 4 nitrogen and oxygen atoms in total. The maximum atomic E-state index is 13.2. The van der Waals surface area contributed by atoms with Gasteiger partial charge in [0, 0.05) is 24.2 Å². The van der Waals surface area contributed by atoms with Gasteiger partial charge in [0.2, 0.25) is 0 Å². The summed E-state index contributed by atoms with van der Waals surface area (Å²) in [5.41, 5.74) is 1.41. The minimum atomic E-state index is -0.344. The van der Waals surface area contributed by atoms with Crippen molar-refractivity contribution in [3.05, 3.63) is 59.9 Å². The fraction of sp³-hybridized carbons (Fsp3) is 0.364. The van der Waals surface area contributed by atoms with Crippen LogP contribution in [0.2, 0.25) is 0 Å². The minimum Gasteiger partial charge on any atom is -0.494 e. The van der Waals surface area contributed by atoms with Gasteiger partial charge >= 0.3 is 0 Å². The van der Waals surface area contributed by atoms with Gasteiger partial charge in [-0.25, -0.2) is 4.39 Å². The van der Waals surface area contributed by atoms with Crippen LogP contribution in [0, 0.1) is 5.82 Å². The number of hydrogen-bond donors (Lipinski definition) is 0. The van der Waals surface area contributed by atoms with E-state index < -0.39 is 0 Å². The Labute approximate surface area is 159 Å². The van der Waals surface area contributed by atoms with Crippen molar-refractivity contribution in [2.45, 2.75) is 32.6 Å². The Balaban J connectivity index is 1.85. The number of nitrogens with zero attached hydrogens (tertiary/aromatic N) is 2. The van der Waals surface area contributed by atoms with Crippen molar-refractivity contribution in [3.63, 3.8) is 0 Å². The topological polar surface area (TPSA) is 41.9 Å². The molecule has 2 aromatic carbocycles. The van der Waals surface area contributed by atoms with Gasteiger partial charge in [-0.2, -0.15) is 0 Å². The summed E-state index contributed by atoms with van der Waals surface area (Å²) >= 11 is 0. The van der Waals surface area contributed by atoms with Crippen LogP contribution in [-0.4, -0.2) is 31.3 Å². The van der Waals surface area contributed by atoms with Gasteiger partial charge in [-0.15, -0.1) is 0 Å². The van der Waals surface area contributed by atoms with Gasteiger partial charge in [-0.1, -0.05) is 6.42 Å². The highest BCUT2D eigenvalue weighted by atomic mass is 19.1. The lowest BCUT2D eigenvalue weighted by Gasteiger charge is -2.26. The van der Waals surface area contributed by atoms with Gasteiger partial charge in [0.05, 0.1) is 13.2 Å². The molecule has 142 valence electrons. The van der Waals surface area contributed by atoms with Crippen molar-refractivity contribution in [1.82, 2.24) is 0 Å². The number of ketones is 1. The lowest BCUT2D eigenvalue weighted by Crippen LogP contribution is -2.36. The van der Waals surface area contributed by atoms with Crippen molar-refractivity contribution in [3.8, 4) is 5.75 Å². The Kier molecular flexibility index (Phi) is 6.58. The van der Waals surface area contributed by atoms with E-state index in [1.165, 1.54) is 24.3 Å². The van der Waals surface area contributed by atoms with Crippen LogP contribution in [0.4, 0.5) is 10.1 Å².